The standard InChI is InChI=1S/C24H30N4O5/c1-17-14-18(26-10-12-27(13-11-26)23(31)33-24(2,3)4)6-8-20(17)22(30)28(16-29)19-7-9-21(32-5)25-15-19/h6-9,14-16H,10-13H2,1-5H3. The number of anilines is 2. The zero-order valence-corrected chi connectivity index (χ0v) is 19.7. The Balaban J connectivity index is 1.69. The topological polar surface area (TPSA) is 92.3 Å². The molecule has 9 nitrogen and oxygen atoms in total. The van der Waals surface area contributed by atoms with E-state index in [1.54, 1.807) is 23.1 Å². The number of benzene rings is 1. The van der Waals surface area contributed by atoms with Crippen molar-refractivity contribution in [3.05, 3.63) is 47.7 Å². The van der Waals surface area contributed by atoms with Gasteiger partial charge in [-0.25, -0.2) is 14.7 Å². The molecule has 1 aliphatic heterocycles. The molecule has 9 heteroatoms. The van der Waals surface area contributed by atoms with Crippen molar-refractivity contribution >= 4 is 29.8 Å². The second kappa shape index (κ2) is 9.89. The molecular weight excluding hydrogens is 424 g/mol. The van der Waals surface area contributed by atoms with E-state index >= 15 is 0 Å². The van der Waals surface area contributed by atoms with Gasteiger partial charge in [-0.3, -0.25) is 9.59 Å². The fraction of sp³-hybridized carbons (Fsp3) is 0.417. The van der Waals surface area contributed by atoms with Crippen molar-refractivity contribution in [3.8, 4) is 5.88 Å². The number of amides is 3. The number of rotatable bonds is 5. The first kappa shape index (κ1) is 24.0. The molecule has 0 atom stereocenters. The minimum atomic E-state index is -0.523. The van der Waals surface area contributed by atoms with E-state index in [-0.39, 0.29) is 6.09 Å². The van der Waals surface area contributed by atoms with Crippen LogP contribution in [-0.2, 0) is 9.53 Å². The Morgan fingerprint density at radius 1 is 1.09 bits per heavy atom. The summed E-state index contributed by atoms with van der Waals surface area (Å²) in [5, 5.41) is 0. The zero-order valence-electron chi connectivity index (χ0n) is 19.7. The molecule has 1 aromatic heterocycles. The fourth-order valence-electron chi connectivity index (χ4n) is 3.55. The van der Waals surface area contributed by atoms with Crippen molar-refractivity contribution in [2.75, 3.05) is 43.1 Å². The quantitative estimate of drug-likeness (QED) is 0.640. The molecule has 2 aromatic rings. The van der Waals surface area contributed by atoms with Crippen molar-refractivity contribution in [3.63, 3.8) is 0 Å². The minimum Gasteiger partial charge on any atom is -0.481 e. The molecule has 1 aliphatic rings. The summed E-state index contributed by atoms with van der Waals surface area (Å²) in [6.07, 6.45) is 1.59. The van der Waals surface area contributed by atoms with Crippen molar-refractivity contribution in [1.82, 2.24) is 9.88 Å². The van der Waals surface area contributed by atoms with E-state index < -0.39 is 11.5 Å². The lowest BCUT2D eigenvalue weighted by atomic mass is 10.1. The van der Waals surface area contributed by atoms with Crippen molar-refractivity contribution in [2.24, 2.45) is 0 Å². The molecule has 176 valence electrons. The highest BCUT2D eigenvalue weighted by atomic mass is 16.6. The maximum atomic E-state index is 13.0. The van der Waals surface area contributed by atoms with Crippen LogP contribution in [0.2, 0.25) is 0 Å². The Bertz CT molecular complexity index is 1010. The molecule has 0 saturated carbocycles. The lowest BCUT2D eigenvalue weighted by Crippen LogP contribution is -2.50. The summed E-state index contributed by atoms with van der Waals surface area (Å²) in [7, 11) is 1.49. The lowest BCUT2D eigenvalue weighted by molar-refractivity contribution is -0.106. The number of nitrogens with zero attached hydrogens (tertiary/aromatic N) is 4. The van der Waals surface area contributed by atoms with E-state index in [0.29, 0.717) is 49.7 Å². The van der Waals surface area contributed by atoms with Gasteiger partial charge in [0.2, 0.25) is 12.3 Å². The molecule has 1 fully saturated rings. The molecule has 0 bridgehead atoms. The van der Waals surface area contributed by atoms with Gasteiger partial charge >= 0.3 is 6.09 Å². The van der Waals surface area contributed by atoms with Gasteiger partial charge in [-0.15, -0.1) is 0 Å². The first-order valence-electron chi connectivity index (χ1n) is 10.8. The molecule has 1 saturated heterocycles. The summed E-state index contributed by atoms with van der Waals surface area (Å²) in [5.41, 5.74) is 1.97. The number of carbonyl (C=O) groups excluding carboxylic acids is 3. The van der Waals surface area contributed by atoms with Gasteiger partial charge in [0.05, 0.1) is 19.0 Å². The van der Waals surface area contributed by atoms with E-state index in [2.05, 4.69) is 9.88 Å². The molecule has 33 heavy (non-hydrogen) atoms. The SMILES string of the molecule is COc1ccc(N(C=O)C(=O)c2ccc(N3CCN(C(=O)OC(C)(C)C)CC3)cc2C)cn1. The molecule has 0 unspecified atom stereocenters. The number of aromatic nitrogens is 1. The molecular formula is C24H30N4O5. The summed E-state index contributed by atoms with van der Waals surface area (Å²) >= 11 is 0. The highest BCUT2D eigenvalue weighted by Crippen LogP contribution is 2.24. The van der Waals surface area contributed by atoms with Crippen LogP contribution in [0.4, 0.5) is 16.2 Å². The van der Waals surface area contributed by atoms with Crippen LogP contribution in [0.15, 0.2) is 36.5 Å². The van der Waals surface area contributed by atoms with Gasteiger partial charge < -0.3 is 19.3 Å². The van der Waals surface area contributed by atoms with Gasteiger partial charge in [-0.2, -0.15) is 0 Å². The number of ether oxygens (including phenoxy) is 2. The number of hydrogen-bond acceptors (Lipinski definition) is 7. The summed E-state index contributed by atoms with van der Waals surface area (Å²) < 4.78 is 10.5. The number of carbonyl (C=O) groups is 3. The summed E-state index contributed by atoms with van der Waals surface area (Å²) in [5.74, 6) is -0.0416. The van der Waals surface area contributed by atoms with Crippen LogP contribution in [-0.4, -0.2) is 67.2 Å². The largest absolute Gasteiger partial charge is 0.481 e. The third-order valence-electron chi connectivity index (χ3n) is 5.27. The van der Waals surface area contributed by atoms with Crippen molar-refractivity contribution in [1.29, 1.82) is 0 Å². The van der Waals surface area contributed by atoms with Gasteiger partial charge in [-0.05, 0) is 57.5 Å². The number of aryl methyl sites for hydroxylation is 1. The second-order valence-electron chi connectivity index (χ2n) is 8.79. The maximum Gasteiger partial charge on any atom is 0.410 e. The van der Waals surface area contributed by atoms with E-state index in [1.165, 1.54) is 13.3 Å². The monoisotopic (exact) mass is 454 g/mol. The Morgan fingerprint density at radius 2 is 1.79 bits per heavy atom. The smallest absolute Gasteiger partial charge is 0.410 e. The van der Waals surface area contributed by atoms with Gasteiger partial charge in [0.15, 0.2) is 0 Å². The average Bonchev–Trinajstić information content (AvgIpc) is 2.79. The molecule has 3 amide bonds. The maximum absolute atomic E-state index is 13.0. The van der Waals surface area contributed by atoms with Crippen LogP contribution < -0.4 is 14.5 Å². The van der Waals surface area contributed by atoms with Crippen LogP contribution in [0, 0.1) is 6.92 Å². The number of hydrogen-bond donors (Lipinski definition) is 0. The predicted octanol–water partition coefficient (Wildman–Crippen LogP) is 3.26. The van der Waals surface area contributed by atoms with Gasteiger partial charge in [0.25, 0.3) is 5.91 Å². The van der Waals surface area contributed by atoms with E-state index in [1.807, 2.05) is 39.8 Å². The molecule has 3 rings (SSSR count). The molecule has 0 spiro atoms. The predicted molar refractivity (Wildman–Crippen MR) is 125 cm³/mol. The molecule has 0 radical (unpaired) electrons. The Hall–Kier alpha value is -3.62. The first-order valence-corrected chi connectivity index (χ1v) is 10.8. The number of imide groups is 1. The minimum absolute atomic E-state index is 0.304. The lowest BCUT2D eigenvalue weighted by Gasteiger charge is -2.37. The van der Waals surface area contributed by atoms with Crippen LogP contribution in [0.5, 0.6) is 5.88 Å². The van der Waals surface area contributed by atoms with Gasteiger partial charge in [0, 0.05) is 43.5 Å². The molecule has 2 heterocycles. The third-order valence-corrected chi connectivity index (χ3v) is 5.27. The molecule has 0 aliphatic carbocycles. The summed E-state index contributed by atoms with van der Waals surface area (Å²) in [6, 6.07) is 8.70. The summed E-state index contributed by atoms with van der Waals surface area (Å²) in [4.78, 5) is 45.9. The third kappa shape index (κ3) is 5.79. The van der Waals surface area contributed by atoms with Crippen LogP contribution in [0.3, 0.4) is 0 Å². The van der Waals surface area contributed by atoms with Crippen LogP contribution in [0.25, 0.3) is 0 Å². The summed E-state index contributed by atoms with van der Waals surface area (Å²) in [6.45, 7) is 9.81. The fourth-order valence-corrected chi connectivity index (χ4v) is 3.55. The highest BCUT2D eigenvalue weighted by molar-refractivity contribution is 6.16. The average molecular weight is 455 g/mol. The second-order valence-corrected chi connectivity index (χ2v) is 8.79. The Morgan fingerprint density at radius 3 is 2.30 bits per heavy atom. The van der Waals surface area contributed by atoms with E-state index in [0.717, 1.165) is 16.2 Å². The normalized spacial score (nSPS) is 14.0. The Kier molecular flexibility index (Phi) is 7.20. The van der Waals surface area contributed by atoms with E-state index in [9.17, 15) is 14.4 Å². The first-order chi connectivity index (χ1) is 15.6. The number of methoxy groups -OCH3 is 1. The van der Waals surface area contributed by atoms with Crippen LogP contribution >= 0.6 is 0 Å². The van der Waals surface area contributed by atoms with E-state index in [4.69, 9.17) is 9.47 Å². The number of piperazine rings is 1. The Labute approximate surface area is 193 Å². The molecule has 1 aromatic carbocycles. The van der Waals surface area contributed by atoms with Crippen molar-refractivity contribution < 1.29 is 23.9 Å². The van der Waals surface area contributed by atoms with Crippen LogP contribution in [0.1, 0.15) is 36.7 Å². The highest BCUT2D eigenvalue weighted by Gasteiger charge is 2.26. The number of pyridine rings is 1. The van der Waals surface area contributed by atoms with Gasteiger partial charge in [0.1, 0.15) is 5.60 Å². The zero-order chi connectivity index (χ0) is 24.2. The van der Waals surface area contributed by atoms with Gasteiger partial charge in [-0.1, -0.05) is 0 Å². The van der Waals surface area contributed by atoms with Crippen molar-refractivity contribution in [2.45, 2.75) is 33.3 Å². The molecule has 0 N–H and O–H groups in total.